The Morgan fingerprint density at radius 2 is 2.19 bits per heavy atom. The summed E-state index contributed by atoms with van der Waals surface area (Å²) in [4.78, 5) is 0. The molecule has 16 heavy (non-hydrogen) atoms. The van der Waals surface area contributed by atoms with Crippen molar-refractivity contribution in [2.24, 2.45) is 7.05 Å². The van der Waals surface area contributed by atoms with Crippen LogP contribution >= 0.6 is 0 Å². The van der Waals surface area contributed by atoms with Gasteiger partial charge in [-0.05, 0) is 24.1 Å². The van der Waals surface area contributed by atoms with Gasteiger partial charge < -0.3 is 10.3 Å². The van der Waals surface area contributed by atoms with Gasteiger partial charge in [0, 0.05) is 13.5 Å². The third kappa shape index (κ3) is 2.18. The largest absolute Gasteiger partial charge is 0.396 e. The van der Waals surface area contributed by atoms with E-state index in [1.54, 1.807) is 18.5 Å². The molecule has 0 saturated carbocycles. The van der Waals surface area contributed by atoms with Crippen molar-refractivity contribution < 1.29 is 4.39 Å². The number of anilines is 1. The summed E-state index contributed by atoms with van der Waals surface area (Å²) < 4.78 is 14.8. The van der Waals surface area contributed by atoms with Crippen molar-refractivity contribution in [2.45, 2.75) is 12.8 Å². The minimum Gasteiger partial charge on any atom is -0.396 e. The number of nitrogen functional groups attached to an aromatic ring is 1. The third-order valence-corrected chi connectivity index (χ3v) is 2.50. The van der Waals surface area contributed by atoms with Gasteiger partial charge in [0.2, 0.25) is 0 Å². The number of nitrogens with zero attached hydrogens (tertiary/aromatic N) is 3. The lowest BCUT2D eigenvalue weighted by atomic mass is 10.1. The maximum absolute atomic E-state index is 12.9. The molecular formula is C11H13FN4. The molecule has 0 bridgehead atoms. The van der Waals surface area contributed by atoms with Crippen molar-refractivity contribution in [3.8, 4) is 0 Å². The van der Waals surface area contributed by atoms with Gasteiger partial charge >= 0.3 is 0 Å². The number of benzene rings is 1. The van der Waals surface area contributed by atoms with E-state index in [1.165, 1.54) is 6.07 Å². The van der Waals surface area contributed by atoms with Crippen molar-refractivity contribution in [2.75, 3.05) is 5.73 Å². The molecule has 0 amide bonds. The van der Waals surface area contributed by atoms with Gasteiger partial charge in [0.25, 0.3) is 0 Å². The molecule has 84 valence electrons. The second-order valence-corrected chi connectivity index (χ2v) is 3.71. The van der Waals surface area contributed by atoms with Gasteiger partial charge in [-0.15, -0.1) is 10.2 Å². The first-order chi connectivity index (χ1) is 7.66. The van der Waals surface area contributed by atoms with Crippen LogP contribution in [0.4, 0.5) is 10.1 Å². The molecule has 4 nitrogen and oxygen atoms in total. The van der Waals surface area contributed by atoms with Crippen LogP contribution in [0.3, 0.4) is 0 Å². The molecule has 1 heterocycles. The number of nitrogens with two attached hydrogens (primary N) is 1. The van der Waals surface area contributed by atoms with Crippen LogP contribution in [0.1, 0.15) is 11.4 Å². The quantitative estimate of drug-likeness (QED) is 0.794. The van der Waals surface area contributed by atoms with E-state index in [-0.39, 0.29) is 11.5 Å². The van der Waals surface area contributed by atoms with E-state index < -0.39 is 0 Å². The molecule has 2 rings (SSSR count). The monoisotopic (exact) mass is 220 g/mol. The molecule has 5 heteroatoms. The lowest BCUT2D eigenvalue weighted by Crippen LogP contribution is -2.01. The molecule has 1 aromatic heterocycles. The summed E-state index contributed by atoms with van der Waals surface area (Å²) in [5.41, 5.74) is 6.68. The fraction of sp³-hybridized carbons (Fsp3) is 0.273. The summed E-state index contributed by atoms with van der Waals surface area (Å²) in [5, 5.41) is 7.77. The predicted octanol–water partition coefficient (Wildman–Crippen LogP) is 1.32. The Bertz CT molecular complexity index is 492. The molecule has 0 atom stereocenters. The maximum Gasteiger partial charge on any atom is 0.146 e. The van der Waals surface area contributed by atoms with E-state index in [1.807, 2.05) is 11.6 Å². The standard InChI is InChI=1S/C11H13FN4/c1-16-7-14-15-11(16)5-3-8-2-4-9(12)10(13)6-8/h2,4,6-7H,3,5,13H2,1H3. The topological polar surface area (TPSA) is 56.7 Å². The highest BCUT2D eigenvalue weighted by Crippen LogP contribution is 2.13. The smallest absolute Gasteiger partial charge is 0.146 e. The van der Waals surface area contributed by atoms with Crippen molar-refractivity contribution in [3.05, 3.63) is 41.7 Å². The fourth-order valence-electron chi connectivity index (χ4n) is 1.54. The van der Waals surface area contributed by atoms with Crippen LogP contribution in [-0.4, -0.2) is 14.8 Å². The van der Waals surface area contributed by atoms with E-state index in [2.05, 4.69) is 10.2 Å². The predicted molar refractivity (Wildman–Crippen MR) is 59.2 cm³/mol. The van der Waals surface area contributed by atoms with Crippen LogP contribution in [0.25, 0.3) is 0 Å². The number of rotatable bonds is 3. The second-order valence-electron chi connectivity index (χ2n) is 3.71. The van der Waals surface area contributed by atoms with Gasteiger partial charge in [0.05, 0.1) is 5.69 Å². The zero-order valence-corrected chi connectivity index (χ0v) is 9.02. The van der Waals surface area contributed by atoms with Gasteiger partial charge in [-0.2, -0.15) is 0 Å². The summed E-state index contributed by atoms with van der Waals surface area (Å²) in [5.74, 6) is 0.533. The summed E-state index contributed by atoms with van der Waals surface area (Å²) in [6.07, 6.45) is 3.20. The van der Waals surface area contributed by atoms with E-state index in [0.717, 1.165) is 24.2 Å². The zero-order valence-electron chi connectivity index (χ0n) is 9.02. The first-order valence-electron chi connectivity index (χ1n) is 5.03. The van der Waals surface area contributed by atoms with Crippen molar-refractivity contribution in [3.63, 3.8) is 0 Å². The second kappa shape index (κ2) is 4.30. The Morgan fingerprint density at radius 3 is 2.81 bits per heavy atom. The Kier molecular flexibility index (Phi) is 2.85. The average Bonchev–Trinajstić information content (AvgIpc) is 2.66. The van der Waals surface area contributed by atoms with E-state index in [9.17, 15) is 4.39 Å². The van der Waals surface area contributed by atoms with Gasteiger partial charge in [-0.25, -0.2) is 4.39 Å². The van der Waals surface area contributed by atoms with Crippen LogP contribution in [0.2, 0.25) is 0 Å². The normalized spacial score (nSPS) is 10.6. The maximum atomic E-state index is 12.9. The molecule has 2 N–H and O–H groups in total. The van der Waals surface area contributed by atoms with Crippen LogP contribution in [0.5, 0.6) is 0 Å². The molecule has 0 radical (unpaired) electrons. The van der Waals surface area contributed by atoms with Gasteiger partial charge in [-0.3, -0.25) is 0 Å². The van der Waals surface area contributed by atoms with Crippen molar-refractivity contribution in [1.82, 2.24) is 14.8 Å². The third-order valence-electron chi connectivity index (χ3n) is 2.50. The highest BCUT2D eigenvalue weighted by molar-refractivity contribution is 5.42. The number of hydrogen-bond acceptors (Lipinski definition) is 3. The number of halogens is 1. The van der Waals surface area contributed by atoms with Crippen LogP contribution in [0, 0.1) is 5.82 Å². The van der Waals surface area contributed by atoms with Gasteiger partial charge in [0.1, 0.15) is 18.0 Å². The minimum absolute atomic E-state index is 0.190. The molecule has 1 aromatic carbocycles. The first-order valence-corrected chi connectivity index (χ1v) is 5.03. The minimum atomic E-state index is -0.373. The molecule has 0 aliphatic carbocycles. The van der Waals surface area contributed by atoms with Crippen LogP contribution in [0.15, 0.2) is 24.5 Å². The average molecular weight is 220 g/mol. The highest BCUT2D eigenvalue weighted by atomic mass is 19.1. The molecule has 0 aliphatic heterocycles. The molecule has 0 fully saturated rings. The molecule has 0 spiro atoms. The van der Waals surface area contributed by atoms with Crippen LogP contribution in [-0.2, 0) is 19.9 Å². The fourth-order valence-corrected chi connectivity index (χ4v) is 1.54. The molecule has 2 aromatic rings. The van der Waals surface area contributed by atoms with Crippen LogP contribution < -0.4 is 5.73 Å². The summed E-state index contributed by atoms with van der Waals surface area (Å²) >= 11 is 0. The van der Waals surface area contributed by atoms with E-state index >= 15 is 0 Å². The highest BCUT2D eigenvalue weighted by Gasteiger charge is 2.03. The first kappa shape index (κ1) is 10.6. The van der Waals surface area contributed by atoms with E-state index in [4.69, 9.17) is 5.73 Å². The van der Waals surface area contributed by atoms with Crippen molar-refractivity contribution >= 4 is 5.69 Å². The van der Waals surface area contributed by atoms with Crippen molar-refractivity contribution in [1.29, 1.82) is 0 Å². The Hall–Kier alpha value is -1.91. The van der Waals surface area contributed by atoms with Gasteiger partial charge in [0.15, 0.2) is 0 Å². The molecule has 0 saturated heterocycles. The Morgan fingerprint density at radius 1 is 1.38 bits per heavy atom. The zero-order chi connectivity index (χ0) is 11.5. The molecular weight excluding hydrogens is 207 g/mol. The lowest BCUT2D eigenvalue weighted by molar-refractivity contribution is 0.631. The Balaban J connectivity index is 2.05. The lowest BCUT2D eigenvalue weighted by Gasteiger charge is -2.03. The SMILES string of the molecule is Cn1cnnc1CCc1ccc(F)c(N)c1. The number of aryl methyl sites for hydroxylation is 3. The molecule has 0 unspecified atom stereocenters. The number of aromatic nitrogens is 3. The van der Waals surface area contributed by atoms with E-state index in [0.29, 0.717) is 0 Å². The molecule has 0 aliphatic rings. The van der Waals surface area contributed by atoms with Gasteiger partial charge in [-0.1, -0.05) is 6.07 Å². The summed E-state index contributed by atoms with van der Waals surface area (Å²) in [6.45, 7) is 0. The summed E-state index contributed by atoms with van der Waals surface area (Å²) in [7, 11) is 1.90. The number of hydrogen-bond donors (Lipinski definition) is 1. The summed E-state index contributed by atoms with van der Waals surface area (Å²) in [6, 6.07) is 4.79. The Labute approximate surface area is 92.9 Å².